The summed E-state index contributed by atoms with van der Waals surface area (Å²) in [6, 6.07) is 16.4. The largest absolute Gasteiger partial charge is 0.506 e. The number of fused-ring (bicyclic) bond motifs is 2. The highest BCUT2D eigenvalue weighted by Crippen LogP contribution is 2.31. The van der Waals surface area contributed by atoms with Crippen molar-refractivity contribution in [3.8, 4) is 5.75 Å². The normalized spacial score (nSPS) is 20.4. The predicted molar refractivity (Wildman–Crippen MR) is 136 cm³/mol. The smallest absolute Gasteiger partial charge is 0.274 e. The van der Waals surface area contributed by atoms with Crippen LogP contribution in [0.3, 0.4) is 0 Å². The number of hydrogen-bond acceptors (Lipinski definition) is 5. The number of amides is 1. The number of hydrogen-bond donors (Lipinski definition) is 1. The lowest BCUT2D eigenvalue weighted by atomic mass is 9.89. The van der Waals surface area contributed by atoms with Gasteiger partial charge in [-0.05, 0) is 48.9 Å². The number of carbonyl (C=O) groups is 1. The van der Waals surface area contributed by atoms with E-state index in [9.17, 15) is 9.90 Å². The van der Waals surface area contributed by atoms with Crippen LogP contribution in [0.25, 0.3) is 0 Å². The van der Waals surface area contributed by atoms with E-state index in [4.69, 9.17) is 5.10 Å². The van der Waals surface area contributed by atoms with Crippen molar-refractivity contribution < 1.29 is 9.90 Å². The number of aromatic hydroxyl groups is 1. The summed E-state index contributed by atoms with van der Waals surface area (Å²) in [5.41, 5.74) is 6.53. The summed E-state index contributed by atoms with van der Waals surface area (Å²) in [4.78, 5) is 20.4. The number of anilines is 1. The molecule has 1 N–H and O–H groups in total. The first-order valence-corrected chi connectivity index (χ1v) is 12.8. The van der Waals surface area contributed by atoms with E-state index < -0.39 is 0 Å². The van der Waals surface area contributed by atoms with Crippen molar-refractivity contribution >= 4 is 11.6 Å². The Bertz CT molecular complexity index is 1240. The van der Waals surface area contributed by atoms with Gasteiger partial charge < -0.3 is 14.9 Å². The fraction of sp³-hybridized carbons (Fsp3) is 0.429. The second kappa shape index (κ2) is 9.04. The van der Waals surface area contributed by atoms with Gasteiger partial charge >= 0.3 is 0 Å². The fourth-order valence-corrected chi connectivity index (χ4v) is 6.13. The van der Waals surface area contributed by atoms with Crippen molar-refractivity contribution in [3.05, 3.63) is 76.6 Å². The van der Waals surface area contributed by atoms with Gasteiger partial charge in [-0.2, -0.15) is 5.10 Å². The number of phenols is 1. The Morgan fingerprint density at radius 1 is 0.943 bits per heavy atom. The van der Waals surface area contributed by atoms with Crippen LogP contribution in [-0.2, 0) is 32.9 Å². The maximum atomic E-state index is 13.6. The topological polar surface area (TPSA) is 64.8 Å². The SMILES string of the molecule is Cn1nc(C(=O)N2CCc3ccccc3C2)c2c1CC[C@@H](N1CCN(c3ccccc3O)CC1)C2. The van der Waals surface area contributed by atoms with E-state index in [1.165, 1.54) is 16.8 Å². The maximum absolute atomic E-state index is 13.6. The third kappa shape index (κ3) is 4.08. The van der Waals surface area contributed by atoms with Gasteiger partial charge in [0.2, 0.25) is 0 Å². The van der Waals surface area contributed by atoms with Gasteiger partial charge in [0.15, 0.2) is 5.69 Å². The van der Waals surface area contributed by atoms with Crippen LogP contribution in [0.2, 0.25) is 0 Å². The maximum Gasteiger partial charge on any atom is 0.274 e. The zero-order valence-electron chi connectivity index (χ0n) is 20.4. The van der Waals surface area contributed by atoms with Crippen LogP contribution >= 0.6 is 0 Å². The van der Waals surface area contributed by atoms with Gasteiger partial charge in [0.05, 0.1) is 5.69 Å². The van der Waals surface area contributed by atoms with Gasteiger partial charge in [-0.3, -0.25) is 14.4 Å². The van der Waals surface area contributed by atoms with Gasteiger partial charge in [-0.15, -0.1) is 0 Å². The van der Waals surface area contributed by atoms with E-state index in [1.54, 1.807) is 6.07 Å². The van der Waals surface area contributed by atoms with E-state index in [0.717, 1.165) is 69.7 Å². The molecule has 0 unspecified atom stereocenters. The lowest BCUT2D eigenvalue weighted by Crippen LogP contribution is -2.52. The first-order chi connectivity index (χ1) is 17.1. The molecule has 1 aliphatic carbocycles. The molecule has 1 amide bonds. The summed E-state index contributed by atoms with van der Waals surface area (Å²) >= 11 is 0. The highest BCUT2D eigenvalue weighted by Gasteiger charge is 2.34. The van der Waals surface area contributed by atoms with Gasteiger partial charge in [-0.1, -0.05) is 36.4 Å². The van der Waals surface area contributed by atoms with Crippen molar-refractivity contribution in [2.24, 2.45) is 7.05 Å². The Labute approximate surface area is 206 Å². The molecule has 2 aliphatic heterocycles. The molecular weight excluding hydrogens is 438 g/mol. The monoisotopic (exact) mass is 471 g/mol. The number of nitrogens with zero attached hydrogens (tertiary/aromatic N) is 5. The van der Waals surface area contributed by atoms with Crippen LogP contribution in [0.5, 0.6) is 5.75 Å². The summed E-state index contributed by atoms with van der Waals surface area (Å²) in [6.45, 7) is 5.12. The number of carbonyl (C=O) groups excluding carboxylic acids is 1. The minimum absolute atomic E-state index is 0.0707. The molecule has 1 fully saturated rings. The van der Waals surface area contributed by atoms with E-state index in [-0.39, 0.29) is 5.91 Å². The second-order valence-corrected chi connectivity index (χ2v) is 10.1. The Hall–Kier alpha value is -3.32. The standard InChI is InChI=1S/C28H33N5O2/c1-30-24-11-10-22(31-14-16-32(17-15-31)25-8-4-5-9-26(25)34)18-23(24)27(29-30)28(35)33-13-12-20-6-2-3-7-21(20)19-33/h2-9,22,34H,10-19H2,1H3/t22-/m1/s1. The van der Waals surface area contributed by atoms with E-state index in [0.29, 0.717) is 24.0 Å². The van der Waals surface area contributed by atoms with Gasteiger partial charge in [0.1, 0.15) is 5.75 Å². The Morgan fingerprint density at radius 3 is 2.49 bits per heavy atom. The molecule has 35 heavy (non-hydrogen) atoms. The molecule has 6 rings (SSSR count). The molecule has 3 heterocycles. The molecule has 1 atom stereocenters. The highest BCUT2D eigenvalue weighted by molar-refractivity contribution is 5.94. The average molecular weight is 472 g/mol. The van der Waals surface area contributed by atoms with Crippen molar-refractivity contribution in [2.75, 3.05) is 37.6 Å². The first-order valence-electron chi connectivity index (χ1n) is 12.8. The quantitative estimate of drug-likeness (QED) is 0.636. The van der Waals surface area contributed by atoms with E-state index >= 15 is 0 Å². The number of rotatable bonds is 3. The molecule has 182 valence electrons. The number of aromatic nitrogens is 2. The summed E-state index contributed by atoms with van der Waals surface area (Å²) in [5.74, 6) is 0.420. The van der Waals surface area contributed by atoms with Crippen molar-refractivity contribution in [1.82, 2.24) is 19.6 Å². The number of aryl methyl sites for hydroxylation is 1. The third-order valence-electron chi connectivity index (χ3n) is 8.10. The van der Waals surface area contributed by atoms with Crippen molar-refractivity contribution in [1.29, 1.82) is 0 Å². The number of piperazine rings is 1. The minimum Gasteiger partial charge on any atom is -0.506 e. The van der Waals surface area contributed by atoms with E-state index in [1.807, 2.05) is 34.8 Å². The second-order valence-electron chi connectivity index (χ2n) is 10.1. The molecule has 7 nitrogen and oxygen atoms in total. The number of phenolic OH excluding ortho intramolecular Hbond substituents is 1. The average Bonchev–Trinajstić information content (AvgIpc) is 3.24. The summed E-state index contributed by atoms with van der Waals surface area (Å²) in [5, 5.41) is 15.0. The fourth-order valence-electron chi connectivity index (χ4n) is 6.13. The summed E-state index contributed by atoms with van der Waals surface area (Å²) < 4.78 is 1.94. The molecular formula is C28H33N5O2. The van der Waals surface area contributed by atoms with Crippen LogP contribution in [0, 0.1) is 0 Å². The van der Waals surface area contributed by atoms with Gasteiger partial charge in [-0.25, -0.2) is 0 Å². The molecule has 0 spiro atoms. The van der Waals surface area contributed by atoms with Gasteiger partial charge in [0.25, 0.3) is 5.91 Å². The minimum atomic E-state index is 0.0707. The lowest BCUT2D eigenvalue weighted by molar-refractivity contribution is 0.0726. The molecule has 0 saturated carbocycles. The zero-order valence-corrected chi connectivity index (χ0v) is 20.4. The predicted octanol–water partition coefficient (Wildman–Crippen LogP) is 3.00. The molecule has 3 aromatic rings. The van der Waals surface area contributed by atoms with Crippen LogP contribution < -0.4 is 4.90 Å². The van der Waals surface area contributed by atoms with Crippen LogP contribution in [0.4, 0.5) is 5.69 Å². The molecule has 1 saturated heterocycles. The first kappa shape index (κ1) is 22.2. The Balaban J connectivity index is 1.16. The van der Waals surface area contributed by atoms with Crippen LogP contribution in [0.1, 0.15) is 39.3 Å². The summed E-state index contributed by atoms with van der Waals surface area (Å²) in [7, 11) is 1.98. The molecule has 0 radical (unpaired) electrons. The summed E-state index contributed by atoms with van der Waals surface area (Å²) in [6.07, 6.45) is 3.83. The lowest BCUT2D eigenvalue weighted by Gasteiger charge is -2.41. The number of benzene rings is 2. The van der Waals surface area contributed by atoms with Crippen LogP contribution in [0.15, 0.2) is 48.5 Å². The van der Waals surface area contributed by atoms with Gasteiger partial charge in [0, 0.05) is 63.6 Å². The number of para-hydroxylation sites is 2. The molecule has 0 bridgehead atoms. The van der Waals surface area contributed by atoms with Crippen molar-refractivity contribution in [2.45, 2.75) is 38.3 Å². The third-order valence-corrected chi connectivity index (χ3v) is 8.10. The highest BCUT2D eigenvalue weighted by atomic mass is 16.3. The molecule has 7 heteroatoms. The zero-order chi connectivity index (χ0) is 23.9. The Morgan fingerprint density at radius 2 is 1.69 bits per heavy atom. The van der Waals surface area contributed by atoms with Crippen LogP contribution in [-0.4, -0.2) is 69.4 Å². The molecule has 3 aliphatic rings. The molecule has 2 aromatic carbocycles. The molecule has 1 aromatic heterocycles. The Kier molecular flexibility index (Phi) is 5.72. The van der Waals surface area contributed by atoms with Crippen molar-refractivity contribution in [3.63, 3.8) is 0 Å². The van der Waals surface area contributed by atoms with E-state index in [2.05, 4.69) is 34.1 Å².